The van der Waals surface area contributed by atoms with Crippen molar-refractivity contribution >= 4 is 33.4 Å². The van der Waals surface area contributed by atoms with Gasteiger partial charge in [0, 0.05) is 43.7 Å². The molecule has 2 aromatic heterocycles. The molecule has 2 heterocycles. The second-order valence-electron chi connectivity index (χ2n) is 7.36. The van der Waals surface area contributed by atoms with Gasteiger partial charge in [0.25, 0.3) is 5.91 Å². The van der Waals surface area contributed by atoms with Gasteiger partial charge in [-0.05, 0) is 36.8 Å². The highest BCUT2D eigenvalue weighted by atomic mass is 32.1. The summed E-state index contributed by atoms with van der Waals surface area (Å²) >= 11 is 1.55. The Morgan fingerprint density at radius 2 is 2.06 bits per heavy atom. The number of rotatable bonds is 8. The molecule has 0 atom stereocenters. The zero-order chi connectivity index (χ0) is 21.8. The minimum absolute atomic E-state index is 0.109. The van der Waals surface area contributed by atoms with Crippen molar-refractivity contribution in [2.45, 2.75) is 13.0 Å². The molecule has 2 aromatic carbocycles. The van der Waals surface area contributed by atoms with Crippen LogP contribution in [0.3, 0.4) is 0 Å². The molecule has 160 valence electrons. The van der Waals surface area contributed by atoms with Crippen LogP contribution < -0.4 is 15.0 Å². The van der Waals surface area contributed by atoms with Gasteiger partial charge in [-0.3, -0.25) is 4.79 Å². The van der Waals surface area contributed by atoms with E-state index in [0.717, 1.165) is 40.4 Å². The number of hydrogen-bond donors (Lipinski definition) is 1. The number of imidazole rings is 1. The fraction of sp³-hybridized carbons (Fsp3) is 0.261. The van der Waals surface area contributed by atoms with E-state index in [-0.39, 0.29) is 5.91 Å². The highest BCUT2D eigenvalue weighted by molar-refractivity contribution is 7.14. The SMILES string of the molecule is COc1ccc(C(=O)NCCCn2cnc3ccccc32)cc1-c1csc(N(C)C)n1. The normalized spacial score (nSPS) is 10.9. The van der Waals surface area contributed by atoms with Crippen LogP contribution in [0.5, 0.6) is 5.75 Å². The molecule has 0 aliphatic heterocycles. The maximum absolute atomic E-state index is 12.7. The number of para-hydroxylation sites is 2. The smallest absolute Gasteiger partial charge is 0.251 e. The van der Waals surface area contributed by atoms with Crippen molar-refractivity contribution in [3.8, 4) is 17.0 Å². The Morgan fingerprint density at radius 1 is 1.23 bits per heavy atom. The Labute approximate surface area is 185 Å². The Kier molecular flexibility index (Phi) is 6.18. The second-order valence-corrected chi connectivity index (χ2v) is 8.20. The van der Waals surface area contributed by atoms with Crippen LogP contribution in [-0.4, -0.2) is 48.2 Å². The third-order valence-corrected chi connectivity index (χ3v) is 6.01. The first-order valence-corrected chi connectivity index (χ1v) is 10.9. The first kappa shape index (κ1) is 20.9. The van der Waals surface area contributed by atoms with E-state index in [1.807, 2.05) is 61.0 Å². The molecule has 0 aliphatic carbocycles. The third kappa shape index (κ3) is 4.54. The molecule has 4 rings (SSSR count). The zero-order valence-corrected chi connectivity index (χ0v) is 18.6. The van der Waals surface area contributed by atoms with Crippen molar-refractivity contribution in [3.63, 3.8) is 0 Å². The highest BCUT2D eigenvalue weighted by Crippen LogP contribution is 2.33. The van der Waals surface area contributed by atoms with Crippen molar-refractivity contribution in [2.24, 2.45) is 0 Å². The average molecular weight is 436 g/mol. The summed E-state index contributed by atoms with van der Waals surface area (Å²) in [7, 11) is 5.53. The van der Waals surface area contributed by atoms with E-state index in [9.17, 15) is 4.79 Å². The summed E-state index contributed by atoms with van der Waals surface area (Å²) in [5, 5.41) is 5.89. The number of fused-ring (bicyclic) bond motifs is 1. The van der Waals surface area contributed by atoms with Crippen molar-refractivity contribution < 1.29 is 9.53 Å². The van der Waals surface area contributed by atoms with E-state index in [2.05, 4.69) is 25.9 Å². The first-order valence-electron chi connectivity index (χ1n) is 10.1. The fourth-order valence-corrected chi connectivity index (χ4v) is 4.14. The van der Waals surface area contributed by atoms with Crippen LogP contribution in [-0.2, 0) is 6.54 Å². The van der Waals surface area contributed by atoms with Crippen LogP contribution in [0.25, 0.3) is 22.3 Å². The standard InChI is InChI=1S/C23H25N5O2S/c1-27(2)23-26-19(14-31-23)17-13-16(9-10-21(17)30-3)22(29)24-11-6-12-28-15-25-18-7-4-5-8-20(18)28/h4-5,7-10,13-15H,6,11-12H2,1-3H3,(H,24,29). The number of carbonyl (C=O) groups is 1. The van der Waals surface area contributed by atoms with Gasteiger partial charge in [0.05, 0.1) is 30.2 Å². The molecular formula is C23H25N5O2S. The monoisotopic (exact) mass is 435 g/mol. The predicted octanol–water partition coefficient (Wildman–Crippen LogP) is 4.05. The van der Waals surface area contributed by atoms with Gasteiger partial charge in [0.1, 0.15) is 5.75 Å². The third-order valence-electron chi connectivity index (χ3n) is 5.00. The quantitative estimate of drug-likeness (QED) is 0.423. The number of thiazole rings is 1. The summed E-state index contributed by atoms with van der Waals surface area (Å²) in [6.07, 6.45) is 2.66. The number of nitrogens with one attached hydrogen (secondary N) is 1. The van der Waals surface area contributed by atoms with Crippen LogP contribution in [0.15, 0.2) is 54.2 Å². The van der Waals surface area contributed by atoms with Crippen LogP contribution in [0.4, 0.5) is 5.13 Å². The van der Waals surface area contributed by atoms with Gasteiger partial charge in [-0.2, -0.15) is 0 Å². The van der Waals surface area contributed by atoms with Gasteiger partial charge in [0.15, 0.2) is 5.13 Å². The van der Waals surface area contributed by atoms with Crippen LogP contribution >= 0.6 is 11.3 Å². The number of benzene rings is 2. The minimum Gasteiger partial charge on any atom is -0.496 e. The van der Waals surface area contributed by atoms with E-state index in [0.29, 0.717) is 17.9 Å². The lowest BCUT2D eigenvalue weighted by atomic mass is 10.1. The number of aryl methyl sites for hydroxylation is 1. The van der Waals surface area contributed by atoms with E-state index in [4.69, 9.17) is 4.74 Å². The maximum Gasteiger partial charge on any atom is 0.251 e. The van der Waals surface area contributed by atoms with Gasteiger partial charge in [-0.1, -0.05) is 12.1 Å². The predicted molar refractivity (Wildman–Crippen MR) is 125 cm³/mol. The van der Waals surface area contributed by atoms with Crippen LogP contribution in [0.1, 0.15) is 16.8 Å². The van der Waals surface area contributed by atoms with Gasteiger partial charge >= 0.3 is 0 Å². The molecule has 31 heavy (non-hydrogen) atoms. The minimum atomic E-state index is -0.109. The molecule has 0 bridgehead atoms. The summed E-state index contributed by atoms with van der Waals surface area (Å²) in [6, 6.07) is 13.5. The molecule has 7 nitrogen and oxygen atoms in total. The molecule has 0 radical (unpaired) electrons. The maximum atomic E-state index is 12.7. The van der Waals surface area contributed by atoms with Crippen LogP contribution in [0, 0.1) is 0 Å². The number of ether oxygens (including phenoxy) is 1. The topological polar surface area (TPSA) is 72.3 Å². The number of carbonyl (C=O) groups excluding carboxylic acids is 1. The first-order chi connectivity index (χ1) is 15.1. The molecule has 4 aromatic rings. The summed E-state index contributed by atoms with van der Waals surface area (Å²) in [4.78, 5) is 23.7. The molecule has 0 saturated heterocycles. The molecule has 1 amide bonds. The largest absolute Gasteiger partial charge is 0.496 e. The number of methoxy groups -OCH3 is 1. The van der Waals surface area contributed by atoms with Crippen molar-refractivity contribution in [1.29, 1.82) is 0 Å². The van der Waals surface area contributed by atoms with Crippen molar-refractivity contribution in [2.75, 3.05) is 32.6 Å². The Hall–Kier alpha value is -3.39. The highest BCUT2D eigenvalue weighted by Gasteiger charge is 2.15. The van der Waals surface area contributed by atoms with Gasteiger partial charge < -0.3 is 19.5 Å². The lowest BCUT2D eigenvalue weighted by molar-refractivity contribution is 0.0953. The second kappa shape index (κ2) is 9.18. The Balaban J connectivity index is 1.41. The number of nitrogens with zero attached hydrogens (tertiary/aromatic N) is 4. The summed E-state index contributed by atoms with van der Waals surface area (Å²) in [5.41, 5.74) is 4.28. The molecule has 0 fully saturated rings. The Bertz CT molecular complexity index is 1200. The zero-order valence-electron chi connectivity index (χ0n) is 17.8. The average Bonchev–Trinajstić information content (AvgIpc) is 3.44. The van der Waals surface area contributed by atoms with Gasteiger partial charge in [0.2, 0.25) is 0 Å². The lowest BCUT2D eigenvalue weighted by Crippen LogP contribution is -2.25. The molecule has 0 spiro atoms. The summed E-state index contributed by atoms with van der Waals surface area (Å²) in [5.74, 6) is 0.585. The van der Waals surface area contributed by atoms with E-state index >= 15 is 0 Å². The summed E-state index contributed by atoms with van der Waals surface area (Å²) in [6.45, 7) is 1.37. The lowest BCUT2D eigenvalue weighted by Gasteiger charge is -2.11. The van der Waals surface area contributed by atoms with Crippen molar-refractivity contribution in [1.82, 2.24) is 19.9 Å². The van der Waals surface area contributed by atoms with Gasteiger partial charge in [-0.15, -0.1) is 11.3 Å². The molecule has 0 unspecified atom stereocenters. The number of hydrogen-bond acceptors (Lipinski definition) is 6. The molecule has 0 saturated carbocycles. The van der Waals surface area contributed by atoms with Crippen LogP contribution in [0.2, 0.25) is 0 Å². The van der Waals surface area contributed by atoms with Gasteiger partial charge in [-0.25, -0.2) is 9.97 Å². The van der Waals surface area contributed by atoms with E-state index in [1.54, 1.807) is 24.5 Å². The fourth-order valence-electron chi connectivity index (χ4n) is 3.38. The molecule has 8 heteroatoms. The number of amides is 1. The molecule has 0 aliphatic rings. The van der Waals surface area contributed by atoms with Crippen molar-refractivity contribution in [3.05, 3.63) is 59.7 Å². The van der Waals surface area contributed by atoms with E-state index in [1.165, 1.54) is 0 Å². The van der Waals surface area contributed by atoms with E-state index < -0.39 is 0 Å². The Morgan fingerprint density at radius 3 is 2.84 bits per heavy atom. The number of anilines is 1. The molecular weight excluding hydrogens is 410 g/mol. The summed E-state index contributed by atoms with van der Waals surface area (Å²) < 4.78 is 7.60. The number of aromatic nitrogens is 3. The molecule has 1 N–H and O–H groups in total.